The third kappa shape index (κ3) is 9.74. The number of rotatable bonds is 15. The third-order valence-electron chi connectivity index (χ3n) is 7.98. The lowest BCUT2D eigenvalue weighted by molar-refractivity contribution is -0.245. The Morgan fingerprint density at radius 3 is 2.33 bits per heavy atom. The number of amides is 1. The quantitative estimate of drug-likeness (QED) is 0.0810. The summed E-state index contributed by atoms with van der Waals surface area (Å²) in [6.45, 7) is 0.303. The van der Waals surface area contributed by atoms with Gasteiger partial charge in [-0.05, 0) is 64.9 Å². The van der Waals surface area contributed by atoms with Gasteiger partial charge in [0, 0.05) is 43.3 Å². The molecule has 4 N–H and O–H groups in total. The largest absolute Gasteiger partial charge is 0.481 e. The van der Waals surface area contributed by atoms with E-state index < -0.39 is 18.2 Å². The molecule has 1 aliphatic rings. The molecule has 0 aliphatic carbocycles. The van der Waals surface area contributed by atoms with E-state index in [1.807, 2.05) is 72.8 Å². The fourth-order valence-electron chi connectivity index (χ4n) is 5.44. The van der Waals surface area contributed by atoms with Gasteiger partial charge in [-0.1, -0.05) is 60.7 Å². The first-order chi connectivity index (χ1) is 23.3. The number of nitrogens with one attached hydrogen (secondary N) is 1. The summed E-state index contributed by atoms with van der Waals surface area (Å²) in [5.74, 6) is -1.54. The summed E-state index contributed by atoms with van der Waals surface area (Å²) in [4.78, 5) is 39.0. The molecule has 0 saturated carbocycles. The topological polar surface area (TPSA) is 155 Å². The Balaban J connectivity index is 1.30. The molecule has 0 bridgehead atoms. The zero-order chi connectivity index (χ0) is 33.9. The van der Waals surface area contributed by atoms with Crippen LogP contribution >= 0.6 is 11.8 Å². The minimum absolute atomic E-state index is 0.0538. The molecule has 5 rings (SSSR count). The van der Waals surface area contributed by atoms with Gasteiger partial charge in [0.05, 0.1) is 24.4 Å². The van der Waals surface area contributed by atoms with Crippen molar-refractivity contribution in [2.75, 3.05) is 5.75 Å². The Morgan fingerprint density at radius 2 is 1.58 bits per heavy atom. The van der Waals surface area contributed by atoms with Crippen LogP contribution in [0.15, 0.2) is 96.2 Å². The zero-order valence-corrected chi connectivity index (χ0v) is 27.1. The second-order valence-electron chi connectivity index (χ2n) is 11.5. The fraction of sp³-hybridized carbons (Fsp3) is 0.297. The number of aliphatic carboxylic acids is 1. The van der Waals surface area contributed by atoms with Crippen LogP contribution in [0.3, 0.4) is 0 Å². The summed E-state index contributed by atoms with van der Waals surface area (Å²) in [6, 6.07) is 26.6. The molecule has 48 heavy (non-hydrogen) atoms. The molecule has 4 aromatic rings. The van der Waals surface area contributed by atoms with E-state index in [1.165, 1.54) is 17.8 Å². The van der Waals surface area contributed by atoms with Crippen molar-refractivity contribution in [2.24, 2.45) is 0 Å². The third-order valence-corrected chi connectivity index (χ3v) is 9.11. The molecule has 3 aromatic carbocycles. The number of carboxylic acid groups (broad SMARTS) is 2. The van der Waals surface area contributed by atoms with E-state index in [2.05, 4.69) is 10.3 Å². The SMILES string of the molecule is O=C(O)CCCCC(=O)NCc1cccc(-c2cccc([C@@H]3O[C@H](CSc4ncccc4C(=O)O)C[C@H](c4ccc(CO)cc4)O3)c2)c1. The maximum atomic E-state index is 12.3. The van der Waals surface area contributed by atoms with Crippen LogP contribution in [0, 0.1) is 0 Å². The number of ether oxygens (including phenoxy) is 2. The number of aliphatic hydroxyl groups excluding tert-OH is 1. The molecule has 1 amide bonds. The number of hydrogen-bond acceptors (Lipinski definition) is 8. The highest BCUT2D eigenvalue weighted by atomic mass is 32.2. The lowest BCUT2D eigenvalue weighted by Crippen LogP contribution is -2.31. The fourth-order valence-corrected chi connectivity index (χ4v) is 6.44. The van der Waals surface area contributed by atoms with Gasteiger partial charge in [-0.3, -0.25) is 9.59 Å². The number of pyridine rings is 1. The van der Waals surface area contributed by atoms with Crippen molar-refractivity contribution in [3.8, 4) is 11.1 Å². The van der Waals surface area contributed by atoms with Crippen LogP contribution in [0.25, 0.3) is 11.1 Å². The summed E-state index contributed by atoms with van der Waals surface area (Å²) < 4.78 is 13.0. The number of unbranched alkanes of at least 4 members (excludes halogenated alkanes) is 1. The van der Waals surface area contributed by atoms with Crippen LogP contribution in [0.2, 0.25) is 0 Å². The average Bonchev–Trinajstić information content (AvgIpc) is 3.11. The lowest BCUT2D eigenvalue weighted by Gasteiger charge is -2.36. The molecule has 0 spiro atoms. The van der Waals surface area contributed by atoms with E-state index >= 15 is 0 Å². The van der Waals surface area contributed by atoms with Gasteiger partial charge in [0.25, 0.3) is 0 Å². The summed E-state index contributed by atoms with van der Waals surface area (Å²) in [7, 11) is 0. The molecule has 250 valence electrons. The smallest absolute Gasteiger partial charge is 0.338 e. The average molecular weight is 671 g/mol. The van der Waals surface area contributed by atoms with Crippen molar-refractivity contribution in [3.63, 3.8) is 0 Å². The van der Waals surface area contributed by atoms with Crippen LogP contribution in [0.1, 0.15) is 77.1 Å². The Hall–Kier alpha value is -4.55. The number of carbonyl (C=O) groups is 3. The number of benzene rings is 3. The molecule has 0 unspecified atom stereocenters. The van der Waals surface area contributed by atoms with Crippen molar-refractivity contribution in [2.45, 2.75) is 68.8 Å². The number of aromatic nitrogens is 1. The Bertz CT molecular complexity index is 1710. The number of nitrogens with zero attached hydrogens (tertiary/aromatic N) is 1. The Kier molecular flexibility index (Phi) is 12.3. The van der Waals surface area contributed by atoms with Gasteiger partial charge in [0.1, 0.15) is 5.03 Å². The summed E-state index contributed by atoms with van der Waals surface area (Å²) in [5.41, 5.74) is 5.56. The molecule has 11 heteroatoms. The van der Waals surface area contributed by atoms with Crippen molar-refractivity contribution >= 4 is 29.6 Å². The minimum Gasteiger partial charge on any atom is -0.481 e. The first-order valence-electron chi connectivity index (χ1n) is 15.8. The minimum atomic E-state index is -1.03. The first kappa shape index (κ1) is 34.8. The van der Waals surface area contributed by atoms with Crippen molar-refractivity contribution in [1.82, 2.24) is 10.3 Å². The van der Waals surface area contributed by atoms with Gasteiger partial charge in [-0.15, -0.1) is 11.8 Å². The maximum Gasteiger partial charge on any atom is 0.338 e. The number of carboxylic acids is 2. The van der Waals surface area contributed by atoms with Crippen molar-refractivity contribution in [3.05, 3.63) is 119 Å². The van der Waals surface area contributed by atoms with E-state index in [1.54, 1.807) is 12.3 Å². The monoisotopic (exact) mass is 670 g/mol. The molecule has 10 nitrogen and oxygen atoms in total. The van der Waals surface area contributed by atoms with Crippen LogP contribution in [-0.4, -0.2) is 50.0 Å². The molecule has 1 saturated heterocycles. The number of aromatic carboxylic acids is 1. The molecule has 1 fully saturated rings. The van der Waals surface area contributed by atoms with E-state index in [0.717, 1.165) is 33.4 Å². The van der Waals surface area contributed by atoms with Crippen molar-refractivity contribution < 1.29 is 39.2 Å². The first-order valence-corrected chi connectivity index (χ1v) is 16.8. The molecule has 1 aliphatic heterocycles. The highest BCUT2D eigenvalue weighted by molar-refractivity contribution is 7.99. The predicted molar refractivity (Wildman–Crippen MR) is 180 cm³/mol. The van der Waals surface area contributed by atoms with E-state index in [9.17, 15) is 24.6 Å². The maximum absolute atomic E-state index is 12.3. The molecule has 0 radical (unpaired) electrons. The Labute approximate surface area is 283 Å². The lowest BCUT2D eigenvalue weighted by atomic mass is 9.99. The number of aliphatic hydroxyl groups is 1. The molecular weight excluding hydrogens is 632 g/mol. The van der Waals surface area contributed by atoms with E-state index in [0.29, 0.717) is 36.6 Å². The Morgan fingerprint density at radius 1 is 0.833 bits per heavy atom. The zero-order valence-electron chi connectivity index (χ0n) is 26.3. The summed E-state index contributed by atoms with van der Waals surface area (Å²) in [5, 5.41) is 31.3. The number of carbonyl (C=O) groups excluding carboxylic acids is 1. The van der Waals surface area contributed by atoms with Gasteiger partial charge in [0.15, 0.2) is 6.29 Å². The molecule has 3 atom stereocenters. The summed E-state index contributed by atoms with van der Waals surface area (Å²) in [6.07, 6.45) is 2.18. The number of thioether (sulfide) groups is 1. The number of hydrogen-bond donors (Lipinski definition) is 4. The normalized spacial score (nSPS) is 17.5. The molecular formula is C37H38N2O8S. The second kappa shape index (κ2) is 17.0. The summed E-state index contributed by atoms with van der Waals surface area (Å²) >= 11 is 1.34. The standard InChI is InChI=1S/C37H38N2O8S/c40-22-24-13-15-26(16-14-24)32-20-30(23-48-35-31(36(44)45)10-5-17-38-35)46-37(47-32)29-9-4-8-28(19-29)27-7-3-6-25(18-27)21-39-33(41)11-1-2-12-34(42)43/h3-10,13-19,30,32,37,40H,1-2,11-12,20-23H2,(H,39,41)(H,42,43)(H,44,45)/t30-,32+,37+/m0/s1. The van der Waals surface area contributed by atoms with Crippen LogP contribution in [-0.2, 0) is 32.2 Å². The predicted octanol–water partition coefficient (Wildman–Crippen LogP) is 6.54. The second-order valence-corrected chi connectivity index (χ2v) is 12.5. The van der Waals surface area contributed by atoms with Crippen LogP contribution in [0.4, 0.5) is 0 Å². The molecule has 2 heterocycles. The van der Waals surface area contributed by atoms with Gasteiger partial charge < -0.3 is 30.1 Å². The van der Waals surface area contributed by atoms with Crippen molar-refractivity contribution in [1.29, 1.82) is 0 Å². The van der Waals surface area contributed by atoms with Gasteiger partial charge in [-0.2, -0.15) is 0 Å². The van der Waals surface area contributed by atoms with Crippen LogP contribution < -0.4 is 5.32 Å². The van der Waals surface area contributed by atoms with Gasteiger partial charge >= 0.3 is 11.9 Å². The molecule has 1 aromatic heterocycles. The van der Waals surface area contributed by atoms with Gasteiger partial charge in [0.2, 0.25) is 5.91 Å². The van der Waals surface area contributed by atoms with Gasteiger partial charge in [-0.25, -0.2) is 9.78 Å². The highest BCUT2D eigenvalue weighted by Crippen LogP contribution is 2.40. The highest BCUT2D eigenvalue weighted by Gasteiger charge is 2.33. The van der Waals surface area contributed by atoms with E-state index in [4.69, 9.17) is 14.6 Å². The van der Waals surface area contributed by atoms with Crippen LogP contribution in [0.5, 0.6) is 0 Å². The van der Waals surface area contributed by atoms with E-state index in [-0.39, 0.29) is 43.1 Å².